The van der Waals surface area contributed by atoms with E-state index in [1.165, 1.54) is 6.07 Å². The zero-order chi connectivity index (χ0) is 13.7. The third-order valence-electron chi connectivity index (χ3n) is 3.98. The van der Waals surface area contributed by atoms with E-state index in [0.29, 0.717) is 23.2 Å². The van der Waals surface area contributed by atoms with Crippen molar-refractivity contribution < 1.29 is 9.13 Å². The summed E-state index contributed by atoms with van der Waals surface area (Å²) >= 11 is 12.3. The van der Waals surface area contributed by atoms with E-state index in [0.717, 1.165) is 32.5 Å². The fraction of sp³-hybridized carbons (Fsp3) is 0.600. The number of halogens is 3. The molecule has 0 amide bonds. The van der Waals surface area contributed by atoms with E-state index in [4.69, 9.17) is 27.9 Å². The molecule has 1 heterocycles. The number of hydrogen-bond donors (Lipinski definition) is 0. The van der Waals surface area contributed by atoms with Gasteiger partial charge >= 0.3 is 0 Å². The predicted molar refractivity (Wildman–Crippen MR) is 77.7 cm³/mol. The third kappa shape index (κ3) is 3.42. The van der Waals surface area contributed by atoms with Gasteiger partial charge in [-0.25, -0.2) is 4.39 Å². The highest BCUT2D eigenvalue weighted by Gasteiger charge is 2.36. The Labute approximate surface area is 124 Å². The van der Waals surface area contributed by atoms with E-state index in [9.17, 15) is 4.39 Å². The van der Waals surface area contributed by atoms with Crippen molar-refractivity contribution in [1.82, 2.24) is 0 Å². The first kappa shape index (κ1) is 15.1. The van der Waals surface area contributed by atoms with Crippen LogP contribution >= 0.6 is 23.2 Å². The Morgan fingerprint density at radius 2 is 1.79 bits per heavy atom. The Morgan fingerprint density at radius 1 is 1.16 bits per heavy atom. The highest BCUT2D eigenvalue weighted by Crippen LogP contribution is 2.38. The van der Waals surface area contributed by atoms with E-state index in [2.05, 4.69) is 0 Å². The molecule has 19 heavy (non-hydrogen) atoms. The van der Waals surface area contributed by atoms with E-state index < -0.39 is 5.41 Å². The molecule has 0 N–H and O–H groups in total. The van der Waals surface area contributed by atoms with Crippen LogP contribution in [0.3, 0.4) is 0 Å². The molecule has 1 aromatic rings. The highest BCUT2D eigenvalue weighted by molar-refractivity contribution is 6.22. The highest BCUT2D eigenvalue weighted by atomic mass is 35.5. The topological polar surface area (TPSA) is 9.23 Å². The average molecular weight is 305 g/mol. The molecule has 1 aliphatic heterocycles. The van der Waals surface area contributed by atoms with Gasteiger partial charge in [0.25, 0.3) is 0 Å². The van der Waals surface area contributed by atoms with Crippen LogP contribution in [-0.4, -0.2) is 25.0 Å². The van der Waals surface area contributed by atoms with Crippen LogP contribution in [0.25, 0.3) is 0 Å². The van der Waals surface area contributed by atoms with Crippen molar-refractivity contribution in [2.75, 3.05) is 25.0 Å². The van der Waals surface area contributed by atoms with Gasteiger partial charge in [-0.3, -0.25) is 0 Å². The van der Waals surface area contributed by atoms with E-state index in [1.54, 1.807) is 12.1 Å². The van der Waals surface area contributed by atoms with Crippen molar-refractivity contribution in [3.05, 3.63) is 35.6 Å². The van der Waals surface area contributed by atoms with Crippen LogP contribution in [0.5, 0.6) is 0 Å². The van der Waals surface area contributed by atoms with Crippen molar-refractivity contribution in [3.63, 3.8) is 0 Å². The maximum atomic E-state index is 14.1. The summed E-state index contributed by atoms with van der Waals surface area (Å²) in [6.45, 7) is 1.56. The van der Waals surface area contributed by atoms with Crippen molar-refractivity contribution >= 4 is 23.2 Å². The van der Waals surface area contributed by atoms with Gasteiger partial charge in [0, 0.05) is 30.4 Å². The van der Waals surface area contributed by atoms with Gasteiger partial charge in [-0.15, -0.1) is 23.2 Å². The molecule has 0 unspecified atom stereocenters. The SMILES string of the molecule is Fc1ccccc1C(CCl)(CCl)CC1CCOCC1. The number of ether oxygens (including phenoxy) is 1. The summed E-state index contributed by atoms with van der Waals surface area (Å²) in [7, 11) is 0. The second-order valence-electron chi connectivity index (χ2n) is 5.29. The van der Waals surface area contributed by atoms with Crippen LogP contribution in [0, 0.1) is 11.7 Å². The molecule has 2 rings (SSSR count). The smallest absolute Gasteiger partial charge is 0.127 e. The van der Waals surface area contributed by atoms with Crippen LogP contribution in [0.15, 0.2) is 24.3 Å². The predicted octanol–water partition coefficient (Wildman–Crippen LogP) is 4.36. The van der Waals surface area contributed by atoms with Crippen LogP contribution in [0.4, 0.5) is 4.39 Å². The summed E-state index contributed by atoms with van der Waals surface area (Å²) in [6, 6.07) is 6.82. The van der Waals surface area contributed by atoms with Crippen molar-refractivity contribution in [1.29, 1.82) is 0 Å². The Morgan fingerprint density at radius 3 is 2.37 bits per heavy atom. The molecule has 1 fully saturated rings. The quantitative estimate of drug-likeness (QED) is 0.735. The Bertz CT molecular complexity index is 401. The van der Waals surface area contributed by atoms with Crippen LogP contribution in [0.2, 0.25) is 0 Å². The fourth-order valence-corrected chi connectivity index (χ4v) is 3.59. The van der Waals surface area contributed by atoms with Gasteiger partial charge in [-0.1, -0.05) is 18.2 Å². The van der Waals surface area contributed by atoms with Gasteiger partial charge in [-0.05, 0) is 36.8 Å². The maximum Gasteiger partial charge on any atom is 0.127 e. The van der Waals surface area contributed by atoms with E-state index >= 15 is 0 Å². The zero-order valence-electron chi connectivity index (χ0n) is 10.9. The third-order valence-corrected chi connectivity index (χ3v) is 5.00. The van der Waals surface area contributed by atoms with Gasteiger partial charge in [0.2, 0.25) is 0 Å². The summed E-state index contributed by atoms with van der Waals surface area (Å²) < 4.78 is 19.4. The minimum atomic E-state index is -0.476. The molecule has 1 aliphatic rings. The van der Waals surface area contributed by atoms with Crippen molar-refractivity contribution in [3.8, 4) is 0 Å². The second-order valence-corrected chi connectivity index (χ2v) is 5.82. The van der Waals surface area contributed by atoms with Crippen LogP contribution in [-0.2, 0) is 10.2 Å². The molecule has 0 aromatic heterocycles. The largest absolute Gasteiger partial charge is 0.381 e. The first-order chi connectivity index (χ1) is 9.22. The van der Waals surface area contributed by atoms with Crippen molar-refractivity contribution in [2.45, 2.75) is 24.7 Å². The first-order valence-corrected chi connectivity index (χ1v) is 7.73. The van der Waals surface area contributed by atoms with Gasteiger partial charge in [0.15, 0.2) is 0 Å². The molecule has 0 aliphatic carbocycles. The summed E-state index contributed by atoms with van der Waals surface area (Å²) in [4.78, 5) is 0. The lowest BCUT2D eigenvalue weighted by Crippen LogP contribution is -2.35. The Hall–Kier alpha value is -0.310. The van der Waals surface area contributed by atoms with Crippen LogP contribution < -0.4 is 0 Å². The van der Waals surface area contributed by atoms with E-state index in [1.807, 2.05) is 6.07 Å². The molecular weight excluding hydrogens is 286 g/mol. The monoisotopic (exact) mass is 304 g/mol. The number of benzene rings is 1. The molecule has 0 radical (unpaired) electrons. The standard InChI is InChI=1S/C15H19Cl2FO/c16-10-15(11-17,9-12-5-7-19-8-6-12)13-3-1-2-4-14(13)18/h1-4,12H,5-11H2. The molecule has 1 saturated heterocycles. The molecule has 1 nitrogen and oxygen atoms in total. The summed E-state index contributed by atoms with van der Waals surface area (Å²) in [6.07, 6.45) is 2.83. The minimum Gasteiger partial charge on any atom is -0.381 e. The average Bonchev–Trinajstić information content (AvgIpc) is 2.47. The lowest BCUT2D eigenvalue weighted by atomic mass is 9.74. The van der Waals surface area contributed by atoms with Gasteiger partial charge in [0.05, 0.1) is 0 Å². The minimum absolute atomic E-state index is 0.212. The molecular formula is C15H19Cl2FO. The lowest BCUT2D eigenvalue weighted by Gasteiger charge is -2.35. The Balaban J connectivity index is 2.23. The first-order valence-electron chi connectivity index (χ1n) is 6.66. The second kappa shape index (κ2) is 6.92. The number of hydrogen-bond acceptors (Lipinski definition) is 1. The molecule has 0 bridgehead atoms. The number of rotatable bonds is 5. The fourth-order valence-electron chi connectivity index (χ4n) is 2.79. The summed E-state index contributed by atoms with van der Waals surface area (Å²) in [5.41, 5.74) is 0.169. The molecule has 0 saturated carbocycles. The summed E-state index contributed by atoms with van der Waals surface area (Å²) in [5, 5.41) is 0. The van der Waals surface area contributed by atoms with Crippen LogP contribution in [0.1, 0.15) is 24.8 Å². The van der Waals surface area contributed by atoms with Gasteiger partial charge in [-0.2, -0.15) is 0 Å². The zero-order valence-corrected chi connectivity index (χ0v) is 12.4. The normalized spacial score (nSPS) is 17.6. The summed E-state index contributed by atoms with van der Waals surface area (Å²) in [5.74, 6) is 0.977. The Kier molecular flexibility index (Phi) is 5.49. The van der Waals surface area contributed by atoms with Gasteiger partial charge in [0.1, 0.15) is 5.82 Å². The molecule has 0 atom stereocenters. The maximum absolute atomic E-state index is 14.1. The lowest BCUT2D eigenvalue weighted by molar-refractivity contribution is 0.0579. The molecule has 106 valence electrons. The van der Waals surface area contributed by atoms with Crippen molar-refractivity contribution in [2.24, 2.45) is 5.92 Å². The van der Waals surface area contributed by atoms with E-state index in [-0.39, 0.29) is 5.82 Å². The molecule has 1 aromatic carbocycles. The molecule has 4 heteroatoms. The number of alkyl halides is 2. The van der Waals surface area contributed by atoms with Gasteiger partial charge < -0.3 is 4.74 Å². The molecule has 0 spiro atoms.